The second kappa shape index (κ2) is 5.50. The van der Waals surface area contributed by atoms with Gasteiger partial charge in [-0.2, -0.15) is 5.26 Å². The van der Waals surface area contributed by atoms with E-state index in [1.54, 1.807) is 14.0 Å². The van der Waals surface area contributed by atoms with E-state index in [-0.39, 0.29) is 6.10 Å². The molecule has 1 aromatic rings. The summed E-state index contributed by atoms with van der Waals surface area (Å²) in [7, 11) is 1.61. The molecular weight excluding hydrogens is 240 g/mol. The largest absolute Gasteiger partial charge is 0.493 e. The Balaban J connectivity index is 2.28. The number of methoxy groups -OCH3 is 1. The van der Waals surface area contributed by atoms with Crippen molar-refractivity contribution >= 4 is 0 Å². The lowest BCUT2D eigenvalue weighted by atomic mass is 9.94. The summed E-state index contributed by atoms with van der Waals surface area (Å²) in [4.78, 5) is 0. The van der Waals surface area contributed by atoms with E-state index in [0.717, 1.165) is 18.4 Å². The monoisotopic (exact) mass is 260 g/mol. The van der Waals surface area contributed by atoms with Crippen LogP contribution in [-0.4, -0.2) is 13.2 Å². The van der Waals surface area contributed by atoms with Crippen LogP contribution in [0.3, 0.4) is 0 Å². The minimum absolute atomic E-state index is 0.246. The van der Waals surface area contributed by atoms with Gasteiger partial charge >= 0.3 is 0 Å². The lowest BCUT2D eigenvalue weighted by Crippen LogP contribution is -2.30. The third-order valence-corrected chi connectivity index (χ3v) is 3.59. The van der Waals surface area contributed by atoms with Gasteiger partial charge in [-0.3, -0.25) is 0 Å². The molecule has 4 nitrogen and oxygen atoms in total. The van der Waals surface area contributed by atoms with Crippen molar-refractivity contribution in [1.29, 1.82) is 5.26 Å². The Bertz CT molecular complexity index is 485. The molecule has 0 heterocycles. The van der Waals surface area contributed by atoms with Crippen molar-refractivity contribution in [2.75, 3.05) is 7.11 Å². The van der Waals surface area contributed by atoms with Crippen LogP contribution in [0.1, 0.15) is 38.2 Å². The summed E-state index contributed by atoms with van der Waals surface area (Å²) < 4.78 is 11.3. The number of hydrogen-bond donors (Lipinski definition) is 1. The van der Waals surface area contributed by atoms with Gasteiger partial charge in [0, 0.05) is 0 Å². The summed E-state index contributed by atoms with van der Waals surface area (Å²) in [6.45, 7) is 1.69. The van der Waals surface area contributed by atoms with E-state index in [0.29, 0.717) is 11.5 Å². The Hall–Kier alpha value is -1.73. The molecule has 1 atom stereocenters. The average molecular weight is 260 g/mol. The van der Waals surface area contributed by atoms with Crippen LogP contribution in [0.25, 0.3) is 0 Å². The summed E-state index contributed by atoms with van der Waals surface area (Å²) in [6.07, 6.45) is 4.81. The van der Waals surface area contributed by atoms with E-state index in [1.165, 1.54) is 12.8 Å². The second-order valence-electron chi connectivity index (χ2n) is 5.20. The Kier molecular flexibility index (Phi) is 3.96. The van der Waals surface area contributed by atoms with Crippen LogP contribution < -0.4 is 15.2 Å². The smallest absolute Gasteiger partial charge is 0.161 e. The lowest BCUT2D eigenvalue weighted by molar-refractivity contribution is 0.200. The molecule has 1 fully saturated rings. The first-order chi connectivity index (χ1) is 9.06. The molecule has 0 spiro atoms. The molecule has 0 aliphatic heterocycles. The van der Waals surface area contributed by atoms with Gasteiger partial charge in [-0.05, 0) is 50.3 Å². The maximum absolute atomic E-state index is 9.10. The van der Waals surface area contributed by atoms with Crippen molar-refractivity contribution in [2.45, 2.75) is 44.2 Å². The van der Waals surface area contributed by atoms with Crippen molar-refractivity contribution in [3.8, 4) is 17.6 Å². The van der Waals surface area contributed by atoms with Gasteiger partial charge in [0.2, 0.25) is 0 Å². The van der Waals surface area contributed by atoms with Gasteiger partial charge in [-0.25, -0.2) is 0 Å². The highest BCUT2D eigenvalue weighted by Crippen LogP contribution is 2.34. The lowest BCUT2D eigenvalue weighted by Gasteiger charge is -2.20. The third kappa shape index (κ3) is 2.99. The SMILES string of the molecule is COc1ccc(C(C)(N)C#N)cc1OC1CCCC1. The van der Waals surface area contributed by atoms with Crippen LogP contribution in [0.2, 0.25) is 0 Å². The number of nitrogens with two attached hydrogens (primary N) is 1. The van der Waals surface area contributed by atoms with Crippen molar-refractivity contribution < 1.29 is 9.47 Å². The molecule has 102 valence electrons. The van der Waals surface area contributed by atoms with E-state index in [2.05, 4.69) is 6.07 Å². The van der Waals surface area contributed by atoms with Crippen LogP contribution in [0.4, 0.5) is 0 Å². The number of nitrogens with zero attached hydrogens (tertiary/aromatic N) is 1. The standard InChI is InChI=1S/C15H20N2O2/c1-15(17,10-16)11-7-8-13(18-2)14(9-11)19-12-5-3-4-6-12/h7-9,12H,3-6,17H2,1-2H3. The fourth-order valence-electron chi connectivity index (χ4n) is 2.34. The molecule has 1 aliphatic rings. The normalized spacial score (nSPS) is 18.6. The first-order valence-electron chi connectivity index (χ1n) is 6.62. The maximum Gasteiger partial charge on any atom is 0.161 e. The van der Waals surface area contributed by atoms with Crippen molar-refractivity contribution in [3.05, 3.63) is 23.8 Å². The zero-order chi connectivity index (χ0) is 13.9. The molecule has 1 saturated carbocycles. The first kappa shape index (κ1) is 13.7. The minimum atomic E-state index is -1.01. The van der Waals surface area contributed by atoms with Gasteiger partial charge in [0.15, 0.2) is 11.5 Å². The predicted octanol–water partition coefficient (Wildman–Crippen LogP) is 2.71. The Labute approximate surface area is 114 Å². The Morgan fingerprint density at radius 1 is 1.32 bits per heavy atom. The molecule has 1 aromatic carbocycles. The number of ether oxygens (including phenoxy) is 2. The van der Waals surface area contributed by atoms with E-state index in [4.69, 9.17) is 20.5 Å². The summed E-state index contributed by atoms with van der Waals surface area (Å²) in [5.41, 5.74) is 5.67. The maximum atomic E-state index is 9.10. The van der Waals surface area contributed by atoms with E-state index in [9.17, 15) is 0 Å². The van der Waals surface area contributed by atoms with Crippen LogP contribution >= 0.6 is 0 Å². The zero-order valence-corrected chi connectivity index (χ0v) is 11.5. The van der Waals surface area contributed by atoms with E-state index in [1.807, 2.05) is 18.2 Å². The Morgan fingerprint density at radius 2 is 2.00 bits per heavy atom. The van der Waals surface area contributed by atoms with Gasteiger partial charge < -0.3 is 15.2 Å². The molecule has 0 saturated heterocycles. The highest BCUT2D eigenvalue weighted by molar-refractivity contribution is 5.46. The van der Waals surface area contributed by atoms with Crippen molar-refractivity contribution in [1.82, 2.24) is 0 Å². The van der Waals surface area contributed by atoms with Gasteiger partial charge in [0.05, 0.1) is 19.3 Å². The van der Waals surface area contributed by atoms with Gasteiger partial charge in [0.25, 0.3) is 0 Å². The molecule has 2 N–H and O–H groups in total. The summed E-state index contributed by atoms with van der Waals surface area (Å²) >= 11 is 0. The van der Waals surface area contributed by atoms with Gasteiger partial charge in [-0.1, -0.05) is 6.07 Å². The predicted molar refractivity (Wildman–Crippen MR) is 73.0 cm³/mol. The number of nitriles is 1. The topological polar surface area (TPSA) is 68.3 Å². The third-order valence-electron chi connectivity index (χ3n) is 3.59. The molecule has 0 aromatic heterocycles. The van der Waals surface area contributed by atoms with Gasteiger partial charge in [0.1, 0.15) is 5.54 Å². The molecule has 0 bridgehead atoms. The minimum Gasteiger partial charge on any atom is -0.493 e. The van der Waals surface area contributed by atoms with Crippen LogP contribution in [0.15, 0.2) is 18.2 Å². The molecule has 19 heavy (non-hydrogen) atoms. The Morgan fingerprint density at radius 3 is 2.58 bits per heavy atom. The van der Waals surface area contributed by atoms with Crippen molar-refractivity contribution in [3.63, 3.8) is 0 Å². The number of benzene rings is 1. The molecule has 1 aliphatic carbocycles. The quantitative estimate of drug-likeness (QED) is 0.903. The van der Waals surface area contributed by atoms with Gasteiger partial charge in [-0.15, -0.1) is 0 Å². The molecular formula is C15H20N2O2. The van der Waals surface area contributed by atoms with Crippen LogP contribution in [-0.2, 0) is 5.54 Å². The molecule has 0 amide bonds. The van der Waals surface area contributed by atoms with Crippen LogP contribution in [0.5, 0.6) is 11.5 Å². The van der Waals surface area contributed by atoms with E-state index < -0.39 is 5.54 Å². The fraction of sp³-hybridized carbons (Fsp3) is 0.533. The molecule has 4 heteroatoms. The number of rotatable bonds is 4. The number of hydrogen-bond acceptors (Lipinski definition) is 4. The van der Waals surface area contributed by atoms with Crippen LogP contribution in [0, 0.1) is 11.3 Å². The average Bonchev–Trinajstić information content (AvgIpc) is 2.91. The summed E-state index contributed by atoms with van der Waals surface area (Å²) in [5, 5.41) is 9.10. The molecule has 2 rings (SSSR count). The highest BCUT2D eigenvalue weighted by Gasteiger charge is 2.24. The van der Waals surface area contributed by atoms with Crippen molar-refractivity contribution in [2.24, 2.45) is 5.73 Å². The highest BCUT2D eigenvalue weighted by atomic mass is 16.5. The first-order valence-corrected chi connectivity index (χ1v) is 6.62. The summed E-state index contributed by atoms with van der Waals surface area (Å²) in [6, 6.07) is 7.53. The fourth-order valence-corrected chi connectivity index (χ4v) is 2.34. The molecule has 1 unspecified atom stereocenters. The van der Waals surface area contributed by atoms with E-state index >= 15 is 0 Å². The second-order valence-corrected chi connectivity index (χ2v) is 5.20. The summed E-state index contributed by atoms with van der Waals surface area (Å²) in [5.74, 6) is 1.36. The zero-order valence-electron chi connectivity index (χ0n) is 11.5. The molecule has 0 radical (unpaired) electrons.